The van der Waals surface area contributed by atoms with Crippen molar-refractivity contribution < 1.29 is 8.42 Å². The van der Waals surface area contributed by atoms with E-state index in [1.54, 1.807) is 28.7 Å². The Labute approximate surface area is 181 Å². The molecule has 0 bridgehead atoms. The summed E-state index contributed by atoms with van der Waals surface area (Å²) in [4.78, 5) is 12.6. The van der Waals surface area contributed by atoms with E-state index in [1.807, 2.05) is 18.3 Å². The Morgan fingerprint density at radius 2 is 1.87 bits per heavy atom. The molecule has 0 saturated carbocycles. The number of benzene rings is 2. The van der Waals surface area contributed by atoms with Crippen molar-refractivity contribution >= 4 is 37.8 Å². The SMILES string of the molecule is O=S(=O)(c1ccc2nc(NCCc3c[nH]c4ccccc34)cnc2c1)N1CCCCC1. The van der Waals surface area contributed by atoms with E-state index in [0.29, 0.717) is 29.9 Å². The molecular formula is C23H25N5O2S. The van der Waals surface area contributed by atoms with Crippen LogP contribution in [0.1, 0.15) is 24.8 Å². The Morgan fingerprint density at radius 1 is 1.03 bits per heavy atom. The van der Waals surface area contributed by atoms with Crippen LogP contribution >= 0.6 is 0 Å². The topological polar surface area (TPSA) is 91.0 Å². The molecule has 4 aromatic rings. The second-order valence-corrected chi connectivity index (χ2v) is 9.84. The second kappa shape index (κ2) is 8.28. The van der Waals surface area contributed by atoms with Gasteiger partial charge in [-0.05, 0) is 49.1 Å². The number of sulfonamides is 1. The molecule has 2 aromatic heterocycles. The van der Waals surface area contributed by atoms with E-state index in [1.165, 1.54) is 10.9 Å². The average molecular weight is 436 g/mol. The first kappa shape index (κ1) is 20.0. The van der Waals surface area contributed by atoms with Gasteiger partial charge in [0.15, 0.2) is 0 Å². The Balaban J connectivity index is 1.29. The number of hydrogen-bond acceptors (Lipinski definition) is 5. The molecule has 31 heavy (non-hydrogen) atoms. The van der Waals surface area contributed by atoms with Crippen LogP contribution in [0.5, 0.6) is 0 Å². The fourth-order valence-corrected chi connectivity index (χ4v) is 5.69. The zero-order valence-corrected chi connectivity index (χ0v) is 18.0. The molecule has 0 spiro atoms. The molecule has 0 unspecified atom stereocenters. The predicted octanol–water partition coefficient (Wildman–Crippen LogP) is 3.94. The van der Waals surface area contributed by atoms with Crippen molar-refractivity contribution in [2.24, 2.45) is 0 Å². The average Bonchev–Trinajstić information content (AvgIpc) is 3.22. The summed E-state index contributed by atoms with van der Waals surface area (Å²) in [6.07, 6.45) is 7.49. The smallest absolute Gasteiger partial charge is 0.243 e. The summed E-state index contributed by atoms with van der Waals surface area (Å²) in [6, 6.07) is 13.3. The molecule has 160 valence electrons. The molecule has 2 N–H and O–H groups in total. The summed E-state index contributed by atoms with van der Waals surface area (Å²) in [5, 5.41) is 4.56. The first-order valence-corrected chi connectivity index (χ1v) is 12.1. The molecule has 7 nitrogen and oxygen atoms in total. The molecule has 1 saturated heterocycles. The Hall–Kier alpha value is -2.97. The van der Waals surface area contributed by atoms with Gasteiger partial charge in [0, 0.05) is 36.7 Å². The van der Waals surface area contributed by atoms with Crippen LogP contribution in [-0.2, 0) is 16.4 Å². The molecular weight excluding hydrogens is 410 g/mol. The second-order valence-electron chi connectivity index (χ2n) is 7.91. The third kappa shape index (κ3) is 4.00. The number of H-pyrrole nitrogens is 1. The number of nitrogens with zero attached hydrogens (tertiary/aromatic N) is 3. The lowest BCUT2D eigenvalue weighted by molar-refractivity contribution is 0.346. The molecule has 1 aliphatic heterocycles. The largest absolute Gasteiger partial charge is 0.368 e. The highest BCUT2D eigenvalue weighted by Gasteiger charge is 2.26. The van der Waals surface area contributed by atoms with Gasteiger partial charge in [0.25, 0.3) is 0 Å². The first-order valence-electron chi connectivity index (χ1n) is 10.7. The number of anilines is 1. The summed E-state index contributed by atoms with van der Waals surface area (Å²) < 4.78 is 27.4. The van der Waals surface area contributed by atoms with Crippen LogP contribution in [0.3, 0.4) is 0 Å². The molecule has 8 heteroatoms. The monoisotopic (exact) mass is 435 g/mol. The van der Waals surface area contributed by atoms with Crippen LogP contribution in [0.25, 0.3) is 21.9 Å². The lowest BCUT2D eigenvalue weighted by Gasteiger charge is -2.25. The maximum absolute atomic E-state index is 12.9. The standard InChI is InChI=1S/C23H25N5O2S/c29-31(30,28-12-4-1-5-13-28)18-8-9-21-22(14-18)26-16-23(27-21)24-11-10-17-15-25-20-7-3-2-6-19(17)20/h2-3,6-9,14-16,25H,1,4-5,10-13H2,(H,24,27). The van der Waals surface area contributed by atoms with Gasteiger partial charge in [-0.2, -0.15) is 4.31 Å². The summed E-state index contributed by atoms with van der Waals surface area (Å²) in [6.45, 7) is 1.90. The minimum absolute atomic E-state index is 0.288. The Kier molecular flexibility index (Phi) is 5.33. The van der Waals surface area contributed by atoms with Crippen LogP contribution in [0, 0.1) is 0 Å². The Bertz CT molecular complexity index is 1330. The highest BCUT2D eigenvalue weighted by atomic mass is 32.2. The summed E-state index contributed by atoms with van der Waals surface area (Å²) >= 11 is 0. The highest BCUT2D eigenvalue weighted by molar-refractivity contribution is 7.89. The molecule has 0 aliphatic carbocycles. The lowest BCUT2D eigenvalue weighted by Crippen LogP contribution is -2.35. The van der Waals surface area contributed by atoms with Crippen LogP contribution in [0.2, 0.25) is 0 Å². The molecule has 0 atom stereocenters. The number of fused-ring (bicyclic) bond motifs is 2. The van der Waals surface area contributed by atoms with Gasteiger partial charge < -0.3 is 10.3 Å². The minimum atomic E-state index is -3.47. The molecule has 5 rings (SSSR count). The molecule has 2 aromatic carbocycles. The van der Waals surface area contributed by atoms with Crippen molar-refractivity contribution in [3.05, 3.63) is 60.4 Å². The number of para-hydroxylation sites is 1. The van der Waals surface area contributed by atoms with Crippen LogP contribution < -0.4 is 5.32 Å². The molecule has 1 aliphatic rings. The maximum Gasteiger partial charge on any atom is 0.243 e. The van der Waals surface area contributed by atoms with Crippen molar-refractivity contribution in [3.63, 3.8) is 0 Å². The van der Waals surface area contributed by atoms with Gasteiger partial charge in [0.05, 0.1) is 22.1 Å². The molecule has 3 heterocycles. The van der Waals surface area contributed by atoms with Gasteiger partial charge in [-0.15, -0.1) is 0 Å². The van der Waals surface area contributed by atoms with E-state index in [-0.39, 0.29) is 4.90 Å². The van der Waals surface area contributed by atoms with Gasteiger partial charge in [-0.3, -0.25) is 4.98 Å². The fourth-order valence-electron chi connectivity index (χ4n) is 4.15. The minimum Gasteiger partial charge on any atom is -0.368 e. The summed E-state index contributed by atoms with van der Waals surface area (Å²) in [5.41, 5.74) is 3.65. The van der Waals surface area contributed by atoms with E-state index in [4.69, 9.17) is 0 Å². The Morgan fingerprint density at radius 3 is 2.74 bits per heavy atom. The van der Waals surface area contributed by atoms with Crippen molar-refractivity contribution in [3.8, 4) is 0 Å². The van der Waals surface area contributed by atoms with Gasteiger partial charge in [-0.25, -0.2) is 13.4 Å². The highest BCUT2D eigenvalue weighted by Crippen LogP contribution is 2.24. The molecule has 0 amide bonds. The summed E-state index contributed by atoms with van der Waals surface area (Å²) in [5.74, 6) is 0.680. The number of aromatic nitrogens is 3. The maximum atomic E-state index is 12.9. The van der Waals surface area contributed by atoms with E-state index in [9.17, 15) is 8.42 Å². The first-order chi connectivity index (χ1) is 15.1. The number of rotatable bonds is 6. The normalized spacial score (nSPS) is 15.5. The predicted molar refractivity (Wildman–Crippen MR) is 123 cm³/mol. The third-order valence-electron chi connectivity index (χ3n) is 5.84. The van der Waals surface area contributed by atoms with Gasteiger partial charge >= 0.3 is 0 Å². The van der Waals surface area contributed by atoms with Gasteiger partial charge in [-0.1, -0.05) is 24.6 Å². The summed E-state index contributed by atoms with van der Waals surface area (Å²) in [7, 11) is -3.47. The van der Waals surface area contributed by atoms with E-state index >= 15 is 0 Å². The van der Waals surface area contributed by atoms with Crippen molar-refractivity contribution in [2.45, 2.75) is 30.6 Å². The third-order valence-corrected chi connectivity index (χ3v) is 7.74. The zero-order chi connectivity index (χ0) is 21.3. The number of aromatic amines is 1. The number of nitrogens with one attached hydrogen (secondary N) is 2. The quantitative estimate of drug-likeness (QED) is 0.479. The number of piperidine rings is 1. The van der Waals surface area contributed by atoms with E-state index in [2.05, 4.69) is 32.4 Å². The van der Waals surface area contributed by atoms with Crippen LogP contribution in [0.15, 0.2) is 59.8 Å². The van der Waals surface area contributed by atoms with Crippen LogP contribution in [-0.4, -0.2) is 47.3 Å². The fraction of sp³-hybridized carbons (Fsp3) is 0.304. The molecule has 1 fully saturated rings. The molecule has 0 radical (unpaired) electrons. The van der Waals surface area contributed by atoms with Crippen molar-refractivity contribution in [2.75, 3.05) is 25.0 Å². The zero-order valence-electron chi connectivity index (χ0n) is 17.2. The van der Waals surface area contributed by atoms with Gasteiger partial charge in [0.2, 0.25) is 10.0 Å². The number of hydrogen-bond donors (Lipinski definition) is 2. The van der Waals surface area contributed by atoms with Crippen LogP contribution in [0.4, 0.5) is 5.82 Å². The lowest BCUT2D eigenvalue weighted by atomic mass is 10.1. The van der Waals surface area contributed by atoms with E-state index in [0.717, 1.165) is 37.7 Å². The van der Waals surface area contributed by atoms with Crippen molar-refractivity contribution in [1.82, 2.24) is 19.3 Å². The van der Waals surface area contributed by atoms with Crippen molar-refractivity contribution in [1.29, 1.82) is 0 Å². The van der Waals surface area contributed by atoms with Gasteiger partial charge in [0.1, 0.15) is 5.82 Å². The van der Waals surface area contributed by atoms with E-state index < -0.39 is 10.0 Å².